The fourth-order valence-electron chi connectivity index (χ4n) is 0.746. The van der Waals surface area contributed by atoms with Crippen LogP contribution in [0.25, 0.3) is 0 Å². The van der Waals surface area contributed by atoms with Crippen molar-refractivity contribution in [1.82, 2.24) is 0 Å². The number of benzene rings is 1. The van der Waals surface area contributed by atoms with Crippen molar-refractivity contribution >= 4 is 0 Å². The lowest BCUT2D eigenvalue weighted by atomic mass is 10.2. The smallest absolute Gasteiger partial charge is 0.158 e. The Morgan fingerprint density at radius 1 is 1.18 bits per heavy atom. The highest BCUT2D eigenvalue weighted by Gasteiger charge is 1.96. The number of rotatable bonds is 0. The number of hydrogen-bond donors (Lipinski definition) is 2. The summed E-state index contributed by atoms with van der Waals surface area (Å²) in [5, 5.41) is 17.9. The van der Waals surface area contributed by atoms with E-state index in [0.717, 1.165) is 0 Å². The van der Waals surface area contributed by atoms with E-state index in [0.29, 0.717) is 5.56 Å². The first-order valence-electron chi connectivity index (χ1n) is 3.19. The van der Waals surface area contributed by atoms with E-state index in [2.05, 4.69) is 11.8 Å². The van der Waals surface area contributed by atoms with Crippen LogP contribution in [0, 0.1) is 11.8 Å². The molecule has 0 bridgehead atoms. The maximum Gasteiger partial charge on any atom is 0.158 e. The van der Waals surface area contributed by atoms with E-state index in [4.69, 9.17) is 10.2 Å². The molecule has 0 fully saturated rings. The zero-order valence-corrected chi connectivity index (χ0v) is 6.13. The summed E-state index contributed by atoms with van der Waals surface area (Å²) in [6.07, 6.45) is 0. The number of hydrogen-bond acceptors (Lipinski definition) is 2. The van der Waals surface area contributed by atoms with Crippen LogP contribution in [0.3, 0.4) is 0 Å². The Morgan fingerprint density at radius 3 is 2.45 bits per heavy atom. The van der Waals surface area contributed by atoms with Crippen LogP contribution >= 0.6 is 0 Å². The van der Waals surface area contributed by atoms with Crippen molar-refractivity contribution in [3.63, 3.8) is 0 Å². The lowest BCUT2D eigenvalue weighted by molar-refractivity contribution is 0.403. The van der Waals surface area contributed by atoms with Crippen LogP contribution in [0.5, 0.6) is 11.5 Å². The standard InChI is InChI=1S/C9H8O2/c1-2-3-7-4-5-8(10)9(11)6-7/h4-6,10-11H,1H3. The molecular weight excluding hydrogens is 140 g/mol. The minimum absolute atomic E-state index is 0.119. The molecule has 0 spiro atoms. The van der Waals surface area contributed by atoms with Crippen LogP contribution in [0.2, 0.25) is 0 Å². The van der Waals surface area contributed by atoms with Gasteiger partial charge in [0.05, 0.1) is 0 Å². The molecule has 0 aliphatic carbocycles. The van der Waals surface area contributed by atoms with E-state index >= 15 is 0 Å². The summed E-state index contributed by atoms with van der Waals surface area (Å²) >= 11 is 0. The first kappa shape index (κ1) is 7.49. The van der Waals surface area contributed by atoms with Gasteiger partial charge in [-0.3, -0.25) is 0 Å². The topological polar surface area (TPSA) is 40.5 Å². The largest absolute Gasteiger partial charge is 0.504 e. The third kappa shape index (κ3) is 1.65. The highest BCUT2D eigenvalue weighted by atomic mass is 16.3. The minimum Gasteiger partial charge on any atom is -0.504 e. The maximum atomic E-state index is 9.01. The zero-order chi connectivity index (χ0) is 8.27. The lowest BCUT2D eigenvalue weighted by Crippen LogP contribution is -1.73. The van der Waals surface area contributed by atoms with Gasteiger partial charge in [0.2, 0.25) is 0 Å². The molecule has 0 saturated heterocycles. The van der Waals surface area contributed by atoms with Crippen LogP contribution in [-0.4, -0.2) is 10.2 Å². The third-order valence-electron chi connectivity index (χ3n) is 1.24. The monoisotopic (exact) mass is 148 g/mol. The number of phenolic OH excluding ortho intramolecular Hbond substituents is 2. The molecule has 2 N–H and O–H groups in total. The molecule has 0 atom stereocenters. The molecule has 0 unspecified atom stereocenters. The number of phenols is 2. The highest BCUT2D eigenvalue weighted by molar-refractivity contribution is 5.46. The predicted octanol–water partition coefficient (Wildman–Crippen LogP) is 1.47. The Balaban J connectivity index is 3.12. The van der Waals surface area contributed by atoms with Crippen molar-refractivity contribution in [3.8, 4) is 23.3 Å². The van der Waals surface area contributed by atoms with Crippen molar-refractivity contribution in [1.29, 1.82) is 0 Å². The molecule has 0 aliphatic rings. The Labute approximate surface area is 65.1 Å². The van der Waals surface area contributed by atoms with Gasteiger partial charge in [-0.25, -0.2) is 0 Å². The summed E-state index contributed by atoms with van der Waals surface area (Å²) in [4.78, 5) is 0. The first-order valence-corrected chi connectivity index (χ1v) is 3.19. The Bertz CT molecular complexity index is 318. The molecule has 0 aliphatic heterocycles. The normalized spacial score (nSPS) is 8.45. The van der Waals surface area contributed by atoms with Gasteiger partial charge in [-0.05, 0) is 25.1 Å². The summed E-state index contributed by atoms with van der Waals surface area (Å²) in [6.45, 7) is 1.71. The van der Waals surface area contributed by atoms with Crippen molar-refractivity contribution < 1.29 is 10.2 Å². The van der Waals surface area contributed by atoms with E-state index in [-0.39, 0.29) is 11.5 Å². The summed E-state index contributed by atoms with van der Waals surface area (Å²) in [5.74, 6) is 5.19. The lowest BCUT2D eigenvalue weighted by Gasteiger charge is -1.95. The second-order valence-corrected chi connectivity index (χ2v) is 2.08. The van der Waals surface area contributed by atoms with Crippen molar-refractivity contribution in [3.05, 3.63) is 23.8 Å². The predicted molar refractivity (Wildman–Crippen MR) is 42.3 cm³/mol. The molecule has 11 heavy (non-hydrogen) atoms. The quantitative estimate of drug-likeness (QED) is 0.432. The van der Waals surface area contributed by atoms with Gasteiger partial charge in [0.15, 0.2) is 11.5 Å². The van der Waals surface area contributed by atoms with Crippen LogP contribution in [0.1, 0.15) is 12.5 Å². The Kier molecular flexibility index (Phi) is 2.03. The Hall–Kier alpha value is -1.62. The zero-order valence-electron chi connectivity index (χ0n) is 6.13. The summed E-state index contributed by atoms with van der Waals surface area (Å²) in [6, 6.07) is 4.48. The van der Waals surface area contributed by atoms with Gasteiger partial charge in [-0.1, -0.05) is 5.92 Å². The van der Waals surface area contributed by atoms with Gasteiger partial charge in [-0.15, -0.1) is 5.92 Å². The number of aromatic hydroxyl groups is 2. The van der Waals surface area contributed by atoms with E-state index in [1.54, 1.807) is 13.0 Å². The second-order valence-electron chi connectivity index (χ2n) is 2.08. The van der Waals surface area contributed by atoms with Gasteiger partial charge >= 0.3 is 0 Å². The Morgan fingerprint density at radius 2 is 1.91 bits per heavy atom. The van der Waals surface area contributed by atoms with Gasteiger partial charge in [-0.2, -0.15) is 0 Å². The highest BCUT2D eigenvalue weighted by Crippen LogP contribution is 2.24. The summed E-state index contributed by atoms with van der Waals surface area (Å²) < 4.78 is 0. The fourth-order valence-corrected chi connectivity index (χ4v) is 0.746. The van der Waals surface area contributed by atoms with Crippen molar-refractivity contribution in [2.75, 3.05) is 0 Å². The van der Waals surface area contributed by atoms with E-state index in [1.807, 2.05) is 0 Å². The summed E-state index contributed by atoms with van der Waals surface area (Å²) in [5.41, 5.74) is 0.697. The minimum atomic E-state index is -0.134. The molecule has 0 saturated carbocycles. The third-order valence-corrected chi connectivity index (χ3v) is 1.24. The second kappa shape index (κ2) is 2.98. The van der Waals surface area contributed by atoms with Gasteiger partial charge < -0.3 is 10.2 Å². The van der Waals surface area contributed by atoms with Crippen molar-refractivity contribution in [2.24, 2.45) is 0 Å². The fraction of sp³-hybridized carbons (Fsp3) is 0.111. The molecule has 1 aromatic rings. The van der Waals surface area contributed by atoms with E-state index in [9.17, 15) is 0 Å². The van der Waals surface area contributed by atoms with Crippen LogP contribution in [0.15, 0.2) is 18.2 Å². The molecule has 1 rings (SSSR count). The average molecular weight is 148 g/mol. The molecule has 56 valence electrons. The molecular formula is C9H8O2. The first-order chi connectivity index (χ1) is 5.24. The van der Waals surface area contributed by atoms with E-state index < -0.39 is 0 Å². The van der Waals surface area contributed by atoms with Crippen LogP contribution in [0.4, 0.5) is 0 Å². The molecule has 1 aromatic carbocycles. The molecule has 0 heterocycles. The molecule has 0 radical (unpaired) electrons. The average Bonchev–Trinajstić information content (AvgIpc) is 1.98. The molecule has 2 heteroatoms. The molecule has 2 nitrogen and oxygen atoms in total. The van der Waals surface area contributed by atoms with Gasteiger partial charge in [0, 0.05) is 5.56 Å². The van der Waals surface area contributed by atoms with E-state index in [1.165, 1.54) is 12.1 Å². The van der Waals surface area contributed by atoms with Crippen molar-refractivity contribution in [2.45, 2.75) is 6.92 Å². The van der Waals surface area contributed by atoms with Crippen LogP contribution in [-0.2, 0) is 0 Å². The van der Waals surface area contributed by atoms with Gasteiger partial charge in [0.1, 0.15) is 0 Å². The molecule has 0 amide bonds. The molecule has 0 aromatic heterocycles. The maximum absolute atomic E-state index is 9.01. The van der Waals surface area contributed by atoms with Crippen LogP contribution < -0.4 is 0 Å². The van der Waals surface area contributed by atoms with Gasteiger partial charge in [0.25, 0.3) is 0 Å². The SMILES string of the molecule is CC#Cc1ccc(O)c(O)c1. The summed E-state index contributed by atoms with van der Waals surface area (Å²) in [7, 11) is 0.